The molecule has 0 amide bonds. The van der Waals surface area contributed by atoms with Crippen molar-refractivity contribution in [3.05, 3.63) is 0 Å². The van der Waals surface area contributed by atoms with E-state index in [4.69, 9.17) is 9.47 Å². The molecule has 0 saturated carbocycles. The number of hydrogen-bond acceptors (Lipinski definition) is 6. The summed E-state index contributed by atoms with van der Waals surface area (Å²) in [5.74, 6) is 0.794. The first-order valence-electron chi connectivity index (χ1n) is 22.0. The number of carbonyl (C=O) groups is 2. The number of esters is 2. The van der Waals surface area contributed by atoms with Crippen LogP contribution in [0.25, 0.3) is 0 Å². The van der Waals surface area contributed by atoms with Crippen LogP contribution in [0.2, 0.25) is 0 Å². The summed E-state index contributed by atoms with van der Waals surface area (Å²) in [5.41, 5.74) is -0.408. The predicted molar refractivity (Wildman–Crippen MR) is 214 cm³/mol. The zero-order valence-electron chi connectivity index (χ0n) is 34.4. The number of aliphatic hydroxyl groups is 1. The zero-order valence-corrected chi connectivity index (χ0v) is 34.4. The second kappa shape index (κ2) is 36.2. The Hall–Kier alpha value is -1.14. The predicted octanol–water partition coefficient (Wildman–Crippen LogP) is 12.4. The summed E-state index contributed by atoms with van der Waals surface area (Å²) in [5, 5.41) is 9.26. The number of hydrogen-bond donors (Lipinski definition) is 1. The molecule has 0 aromatic carbocycles. The molecule has 0 aromatic heterocycles. The maximum Gasteiger partial charge on any atom is 0.311 e. The van der Waals surface area contributed by atoms with Gasteiger partial charge >= 0.3 is 11.9 Å². The molecule has 0 aliphatic rings. The molecular weight excluding hydrogens is 622 g/mol. The van der Waals surface area contributed by atoms with E-state index in [1.54, 1.807) is 0 Å². The Morgan fingerprint density at radius 2 is 1.00 bits per heavy atom. The Morgan fingerprint density at radius 3 is 1.60 bits per heavy atom. The number of unbranched alkanes of at least 4 members (excludes halogenated alkanes) is 17. The van der Waals surface area contributed by atoms with Gasteiger partial charge < -0.3 is 19.5 Å². The SMILES string of the molecule is CCCCCCCCCOC(=O)CCCCCCCN(CCCCO)CCCCCCC(C)(C)C(=O)OCCCCC(CCCC)CCCC. The van der Waals surface area contributed by atoms with Gasteiger partial charge in [0.05, 0.1) is 18.6 Å². The van der Waals surface area contributed by atoms with Gasteiger partial charge in [0, 0.05) is 13.0 Å². The van der Waals surface area contributed by atoms with E-state index in [1.165, 1.54) is 122 Å². The largest absolute Gasteiger partial charge is 0.466 e. The van der Waals surface area contributed by atoms with Crippen LogP contribution >= 0.6 is 0 Å². The van der Waals surface area contributed by atoms with Crippen molar-refractivity contribution in [3.63, 3.8) is 0 Å². The molecule has 0 bridgehead atoms. The van der Waals surface area contributed by atoms with Gasteiger partial charge in [0.1, 0.15) is 0 Å². The first-order valence-corrected chi connectivity index (χ1v) is 22.0. The summed E-state index contributed by atoms with van der Waals surface area (Å²) >= 11 is 0. The molecule has 0 spiro atoms. The van der Waals surface area contributed by atoms with Gasteiger partial charge in [-0.25, -0.2) is 0 Å². The summed E-state index contributed by atoms with van der Waals surface area (Å²) in [6, 6.07) is 0. The Labute approximate surface area is 312 Å². The monoisotopic (exact) mass is 710 g/mol. The van der Waals surface area contributed by atoms with Crippen molar-refractivity contribution >= 4 is 11.9 Å². The van der Waals surface area contributed by atoms with E-state index in [-0.39, 0.29) is 18.5 Å². The van der Waals surface area contributed by atoms with E-state index in [0.717, 1.165) is 83.3 Å². The van der Waals surface area contributed by atoms with Crippen LogP contribution in [0.1, 0.15) is 221 Å². The summed E-state index contributed by atoms with van der Waals surface area (Å²) in [6.07, 6.45) is 33.6. The van der Waals surface area contributed by atoms with Gasteiger partial charge in [0.15, 0.2) is 0 Å². The molecule has 298 valence electrons. The fraction of sp³-hybridized carbons (Fsp3) is 0.955. The maximum atomic E-state index is 12.8. The molecule has 0 radical (unpaired) electrons. The normalized spacial score (nSPS) is 11.9. The van der Waals surface area contributed by atoms with Gasteiger partial charge in [-0.1, -0.05) is 143 Å². The van der Waals surface area contributed by atoms with Crippen LogP contribution < -0.4 is 0 Å². The minimum absolute atomic E-state index is 0.0240. The second-order valence-corrected chi connectivity index (χ2v) is 16.0. The van der Waals surface area contributed by atoms with Gasteiger partial charge in [-0.05, 0) is 97.2 Å². The smallest absolute Gasteiger partial charge is 0.311 e. The molecular formula is C44H87NO5. The van der Waals surface area contributed by atoms with Crippen LogP contribution in [0, 0.1) is 11.3 Å². The van der Waals surface area contributed by atoms with Crippen LogP contribution in [0.5, 0.6) is 0 Å². The van der Waals surface area contributed by atoms with Crippen LogP contribution in [0.15, 0.2) is 0 Å². The van der Waals surface area contributed by atoms with E-state index in [0.29, 0.717) is 19.6 Å². The summed E-state index contributed by atoms with van der Waals surface area (Å²) in [7, 11) is 0. The Kier molecular flexibility index (Phi) is 35.4. The number of carbonyl (C=O) groups excluding carboxylic acids is 2. The van der Waals surface area contributed by atoms with Crippen molar-refractivity contribution in [1.82, 2.24) is 4.90 Å². The summed E-state index contributed by atoms with van der Waals surface area (Å²) in [6.45, 7) is 15.6. The molecule has 6 heteroatoms. The topological polar surface area (TPSA) is 76.1 Å². The third-order valence-electron chi connectivity index (χ3n) is 10.5. The lowest BCUT2D eigenvalue weighted by atomic mass is 9.87. The van der Waals surface area contributed by atoms with E-state index in [9.17, 15) is 14.7 Å². The van der Waals surface area contributed by atoms with E-state index in [1.807, 2.05) is 13.8 Å². The van der Waals surface area contributed by atoms with Crippen LogP contribution in [-0.4, -0.2) is 61.4 Å². The second-order valence-electron chi connectivity index (χ2n) is 16.0. The highest BCUT2D eigenvalue weighted by Crippen LogP contribution is 2.27. The van der Waals surface area contributed by atoms with Crippen LogP contribution in [0.3, 0.4) is 0 Å². The van der Waals surface area contributed by atoms with Crippen molar-refractivity contribution in [2.75, 3.05) is 39.5 Å². The minimum atomic E-state index is -0.408. The van der Waals surface area contributed by atoms with Gasteiger partial charge in [-0.2, -0.15) is 0 Å². The highest BCUT2D eigenvalue weighted by molar-refractivity contribution is 5.75. The van der Waals surface area contributed by atoms with Crippen LogP contribution in [-0.2, 0) is 19.1 Å². The molecule has 0 heterocycles. The molecule has 0 atom stereocenters. The summed E-state index contributed by atoms with van der Waals surface area (Å²) in [4.78, 5) is 27.4. The van der Waals surface area contributed by atoms with Crippen LogP contribution in [0.4, 0.5) is 0 Å². The molecule has 1 N–H and O–H groups in total. The Bertz CT molecular complexity index is 734. The fourth-order valence-electron chi connectivity index (χ4n) is 6.91. The quantitative estimate of drug-likeness (QED) is 0.0506. The number of nitrogens with zero attached hydrogens (tertiary/aromatic N) is 1. The lowest BCUT2D eigenvalue weighted by molar-refractivity contribution is -0.154. The van der Waals surface area contributed by atoms with Gasteiger partial charge in [-0.3, -0.25) is 9.59 Å². The lowest BCUT2D eigenvalue weighted by Gasteiger charge is -2.23. The van der Waals surface area contributed by atoms with E-state index in [2.05, 4.69) is 25.7 Å². The standard InChI is InChI=1S/C44H87NO5/c1-6-9-12-13-14-20-28-39-49-42(47)33-21-16-15-18-24-35-45(37-26-27-38-46)36-25-19-17-23-34-44(4,5)43(48)50-40-29-22-32-41(30-10-7-2)31-11-8-3/h41,46H,6-40H2,1-5H3. The highest BCUT2D eigenvalue weighted by Gasteiger charge is 2.28. The van der Waals surface area contributed by atoms with Crippen molar-refractivity contribution in [2.24, 2.45) is 11.3 Å². The maximum absolute atomic E-state index is 12.8. The average Bonchev–Trinajstić information content (AvgIpc) is 3.10. The molecule has 0 unspecified atom stereocenters. The molecule has 0 fully saturated rings. The van der Waals surface area contributed by atoms with E-state index < -0.39 is 5.41 Å². The Morgan fingerprint density at radius 1 is 0.540 bits per heavy atom. The molecule has 0 saturated heterocycles. The van der Waals surface area contributed by atoms with Gasteiger partial charge in [0.2, 0.25) is 0 Å². The molecule has 6 nitrogen and oxygen atoms in total. The zero-order chi connectivity index (χ0) is 37.0. The lowest BCUT2D eigenvalue weighted by Crippen LogP contribution is -2.28. The molecule has 0 rings (SSSR count). The first-order chi connectivity index (χ1) is 24.3. The molecule has 0 aromatic rings. The number of rotatable bonds is 39. The van der Waals surface area contributed by atoms with Crippen molar-refractivity contribution in [3.8, 4) is 0 Å². The van der Waals surface area contributed by atoms with Crippen molar-refractivity contribution < 1.29 is 24.2 Å². The first kappa shape index (κ1) is 48.9. The fourth-order valence-corrected chi connectivity index (χ4v) is 6.91. The molecule has 0 aliphatic carbocycles. The number of aliphatic hydroxyl groups excluding tert-OH is 1. The van der Waals surface area contributed by atoms with Gasteiger partial charge in [0.25, 0.3) is 0 Å². The molecule has 50 heavy (non-hydrogen) atoms. The third-order valence-corrected chi connectivity index (χ3v) is 10.5. The number of ether oxygens (including phenoxy) is 2. The van der Waals surface area contributed by atoms with E-state index >= 15 is 0 Å². The average molecular weight is 710 g/mol. The highest BCUT2D eigenvalue weighted by atomic mass is 16.5. The summed E-state index contributed by atoms with van der Waals surface area (Å²) < 4.78 is 11.2. The van der Waals surface area contributed by atoms with Crippen molar-refractivity contribution in [1.29, 1.82) is 0 Å². The van der Waals surface area contributed by atoms with Crippen molar-refractivity contribution in [2.45, 2.75) is 221 Å². The minimum Gasteiger partial charge on any atom is -0.466 e. The molecule has 0 aliphatic heterocycles. The Balaban J connectivity index is 4.04. The van der Waals surface area contributed by atoms with Gasteiger partial charge in [-0.15, -0.1) is 0 Å². The third kappa shape index (κ3) is 31.6.